The molecule has 2 aromatic carbocycles. The van der Waals surface area contributed by atoms with Gasteiger partial charge in [0, 0.05) is 18.3 Å². The lowest BCUT2D eigenvalue weighted by Gasteiger charge is -2.38. The van der Waals surface area contributed by atoms with Crippen molar-refractivity contribution >= 4 is 0 Å². The van der Waals surface area contributed by atoms with Gasteiger partial charge in [0.25, 0.3) is 0 Å². The fourth-order valence-electron chi connectivity index (χ4n) is 3.49. The topological polar surface area (TPSA) is 36.9 Å². The third-order valence-electron chi connectivity index (χ3n) is 5.03. The molecule has 0 amide bonds. The minimum atomic E-state index is -0.212. The van der Waals surface area contributed by atoms with Crippen molar-refractivity contribution in [3.8, 4) is 5.75 Å². The molecule has 0 N–H and O–H groups in total. The zero-order valence-electron chi connectivity index (χ0n) is 16.5. The molecule has 4 heteroatoms. The van der Waals surface area contributed by atoms with Crippen LogP contribution in [0.1, 0.15) is 25.0 Å². The maximum Gasteiger partial charge on any atom is 0.161 e. The summed E-state index contributed by atoms with van der Waals surface area (Å²) in [4.78, 5) is 0. The number of ether oxygens (including phenoxy) is 4. The largest absolute Gasteiger partial charge is 0.497 e. The fourth-order valence-corrected chi connectivity index (χ4v) is 3.49. The van der Waals surface area contributed by atoms with Crippen molar-refractivity contribution in [1.29, 1.82) is 0 Å². The SMILES string of the molecule is COc1ccc(C[C@H]2OC[C@H](C)[C@@H]([C@@H](C)COCc3ccccc3)O2)cc1. The average Bonchev–Trinajstić information content (AvgIpc) is 2.70. The predicted octanol–water partition coefficient (Wildman–Crippen LogP) is 4.47. The number of methoxy groups -OCH3 is 1. The summed E-state index contributed by atoms with van der Waals surface area (Å²) in [6.07, 6.45) is 0.666. The third-order valence-corrected chi connectivity index (χ3v) is 5.03. The summed E-state index contributed by atoms with van der Waals surface area (Å²) in [5.41, 5.74) is 2.38. The number of hydrogen-bond donors (Lipinski definition) is 0. The molecule has 0 unspecified atom stereocenters. The molecule has 0 aromatic heterocycles. The molecule has 0 saturated carbocycles. The Morgan fingerprint density at radius 3 is 2.48 bits per heavy atom. The van der Waals surface area contributed by atoms with Gasteiger partial charge in [-0.3, -0.25) is 0 Å². The first-order valence-electron chi connectivity index (χ1n) is 9.67. The van der Waals surface area contributed by atoms with E-state index in [0.29, 0.717) is 31.7 Å². The molecule has 0 radical (unpaired) electrons. The van der Waals surface area contributed by atoms with E-state index >= 15 is 0 Å². The Morgan fingerprint density at radius 2 is 1.78 bits per heavy atom. The highest BCUT2D eigenvalue weighted by Crippen LogP contribution is 2.27. The van der Waals surface area contributed by atoms with Crippen molar-refractivity contribution in [2.45, 2.75) is 39.3 Å². The number of rotatable bonds is 8. The van der Waals surface area contributed by atoms with Gasteiger partial charge in [0.1, 0.15) is 5.75 Å². The first-order valence-corrected chi connectivity index (χ1v) is 9.67. The molecule has 0 aliphatic carbocycles. The van der Waals surface area contributed by atoms with Gasteiger partial charge in [-0.15, -0.1) is 0 Å². The van der Waals surface area contributed by atoms with Crippen molar-refractivity contribution < 1.29 is 18.9 Å². The van der Waals surface area contributed by atoms with Gasteiger partial charge >= 0.3 is 0 Å². The average molecular weight is 370 g/mol. The van der Waals surface area contributed by atoms with Crippen LogP contribution < -0.4 is 4.74 Å². The molecule has 0 bridgehead atoms. The van der Waals surface area contributed by atoms with E-state index in [1.54, 1.807) is 7.11 Å². The van der Waals surface area contributed by atoms with E-state index in [0.717, 1.165) is 12.2 Å². The first-order chi connectivity index (χ1) is 13.2. The summed E-state index contributed by atoms with van der Waals surface area (Å²) in [5.74, 6) is 1.53. The fraction of sp³-hybridized carbons (Fsp3) is 0.478. The highest BCUT2D eigenvalue weighted by atomic mass is 16.7. The summed E-state index contributed by atoms with van der Waals surface area (Å²) in [7, 11) is 1.68. The molecule has 2 aromatic rings. The maximum absolute atomic E-state index is 6.29. The Hall–Kier alpha value is -1.88. The first kappa shape index (κ1) is 19.9. The molecule has 146 valence electrons. The van der Waals surface area contributed by atoms with Gasteiger partial charge < -0.3 is 18.9 Å². The highest BCUT2D eigenvalue weighted by molar-refractivity contribution is 5.27. The van der Waals surface area contributed by atoms with E-state index in [1.807, 2.05) is 30.3 Å². The van der Waals surface area contributed by atoms with Crippen molar-refractivity contribution in [3.63, 3.8) is 0 Å². The summed E-state index contributed by atoms with van der Waals surface area (Å²) in [5, 5.41) is 0. The number of hydrogen-bond acceptors (Lipinski definition) is 4. The lowest BCUT2D eigenvalue weighted by molar-refractivity contribution is -0.246. The van der Waals surface area contributed by atoms with E-state index in [1.165, 1.54) is 11.1 Å². The molecular weight excluding hydrogens is 340 g/mol. The second-order valence-electron chi connectivity index (χ2n) is 7.37. The molecule has 1 fully saturated rings. The van der Waals surface area contributed by atoms with Crippen LogP contribution in [-0.4, -0.2) is 32.7 Å². The van der Waals surface area contributed by atoms with Gasteiger partial charge in [-0.2, -0.15) is 0 Å². The minimum absolute atomic E-state index is 0.137. The third kappa shape index (κ3) is 5.80. The van der Waals surface area contributed by atoms with Gasteiger partial charge in [-0.05, 0) is 23.3 Å². The molecular formula is C23H30O4. The standard InChI is InChI=1S/C23H30O4/c1-17(14-25-16-20-7-5-4-6-8-20)23-18(2)15-26-22(27-23)13-19-9-11-21(24-3)12-10-19/h4-12,17-18,22-23H,13-16H2,1-3H3/t17-,18-,22-,23+/m0/s1. The van der Waals surface area contributed by atoms with Crippen LogP contribution in [0.3, 0.4) is 0 Å². The normalized spacial score (nSPS) is 23.7. The predicted molar refractivity (Wildman–Crippen MR) is 106 cm³/mol. The Bertz CT molecular complexity index is 671. The van der Waals surface area contributed by atoms with Gasteiger partial charge in [0.2, 0.25) is 0 Å². The van der Waals surface area contributed by atoms with E-state index in [9.17, 15) is 0 Å². The van der Waals surface area contributed by atoms with Crippen LogP contribution in [0, 0.1) is 11.8 Å². The van der Waals surface area contributed by atoms with Crippen LogP contribution in [0.4, 0.5) is 0 Å². The second-order valence-corrected chi connectivity index (χ2v) is 7.37. The van der Waals surface area contributed by atoms with Crippen molar-refractivity contribution in [2.24, 2.45) is 11.8 Å². The summed E-state index contributed by atoms with van der Waals surface area (Å²) >= 11 is 0. The summed E-state index contributed by atoms with van der Waals surface area (Å²) in [6.45, 7) is 6.41. The van der Waals surface area contributed by atoms with Gasteiger partial charge in [-0.1, -0.05) is 56.3 Å². The monoisotopic (exact) mass is 370 g/mol. The van der Waals surface area contributed by atoms with Crippen molar-refractivity contribution in [3.05, 3.63) is 65.7 Å². The molecule has 1 heterocycles. The minimum Gasteiger partial charge on any atom is -0.497 e. The molecule has 1 saturated heterocycles. The zero-order valence-corrected chi connectivity index (χ0v) is 16.5. The van der Waals surface area contributed by atoms with E-state index < -0.39 is 0 Å². The summed E-state index contributed by atoms with van der Waals surface area (Å²) < 4.78 is 23.3. The van der Waals surface area contributed by atoms with E-state index in [4.69, 9.17) is 18.9 Å². The van der Waals surface area contributed by atoms with E-state index in [-0.39, 0.29) is 12.4 Å². The molecule has 4 atom stereocenters. The van der Waals surface area contributed by atoms with Crippen LogP contribution >= 0.6 is 0 Å². The smallest absolute Gasteiger partial charge is 0.161 e. The van der Waals surface area contributed by atoms with Crippen molar-refractivity contribution in [1.82, 2.24) is 0 Å². The molecule has 4 nitrogen and oxygen atoms in total. The molecule has 1 aliphatic rings. The van der Waals surface area contributed by atoms with Crippen LogP contribution in [0.15, 0.2) is 54.6 Å². The van der Waals surface area contributed by atoms with Crippen LogP contribution in [-0.2, 0) is 27.2 Å². The molecule has 1 aliphatic heterocycles. The Kier molecular flexibility index (Phi) is 7.27. The molecule has 0 spiro atoms. The lowest BCUT2D eigenvalue weighted by atomic mass is 9.93. The molecule has 27 heavy (non-hydrogen) atoms. The van der Waals surface area contributed by atoms with E-state index in [2.05, 4.69) is 38.1 Å². The van der Waals surface area contributed by atoms with Crippen molar-refractivity contribution in [2.75, 3.05) is 20.3 Å². The van der Waals surface area contributed by atoms with Gasteiger partial charge in [0.05, 0.1) is 33.0 Å². The highest BCUT2D eigenvalue weighted by Gasteiger charge is 2.33. The Morgan fingerprint density at radius 1 is 1.04 bits per heavy atom. The van der Waals surface area contributed by atoms with Crippen LogP contribution in [0.2, 0.25) is 0 Å². The quantitative estimate of drug-likeness (QED) is 0.687. The number of benzene rings is 2. The molecule has 3 rings (SSSR count). The summed E-state index contributed by atoms with van der Waals surface area (Å²) in [6, 6.07) is 18.3. The second kappa shape index (κ2) is 9.88. The van der Waals surface area contributed by atoms with Gasteiger partial charge in [0.15, 0.2) is 6.29 Å². The zero-order chi connectivity index (χ0) is 19.1. The Labute approximate surface area is 162 Å². The van der Waals surface area contributed by atoms with Crippen LogP contribution in [0.5, 0.6) is 5.75 Å². The lowest BCUT2D eigenvalue weighted by Crippen LogP contribution is -2.44. The van der Waals surface area contributed by atoms with Crippen LogP contribution in [0.25, 0.3) is 0 Å². The maximum atomic E-state index is 6.29. The van der Waals surface area contributed by atoms with Gasteiger partial charge in [-0.25, -0.2) is 0 Å². The Balaban J connectivity index is 1.49.